The average molecular weight is 478 g/mol. The number of benzene rings is 3. The van der Waals surface area contributed by atoms with Crippen molar-refractivity contribution in [2.75, 3.05) is 31.1 Å². The summed E-state index contributed by atoms with van der Waals surface area (Å²) in [6.07, 6.45) is 0.337. The molecule has 1 amide bonds. The van der Waals surface area contributed by atoms with Gasteiger partial charge < -0.3 is 4.90 Å². The molecule has 4 nitrogen and oxygen atoms in total. The van der Waals surface area contributed by atoms with Gasteiger partial charge in [0.25, 0.3) is 0 Å². The molecule has 0 unspecified atom stereocenters. The minimum Gasteiger partial charge on any atom is -0.302 e. The first-order chi connectivity index (χ1) is 16.1. The lowest BCUT2D eigenvalue weighted by Crippen LogP contribution is -2.39. The predicted octanol–water partition coefficient (Wildman–Crippen LogP) is 6.53. The fourth-order valence-corrected chi connectivity index (χ4v) is 5.11. The zero-order valence-electron chi connectivity index (χ0n) is 19.0. The van der Waals surface area contributed by atoms with Crippen LogP contribution in [-0.4, -0.2) is 42.0 Å². The zero-order valence-corrected chi connectivity index (χ0v) is 20.6. The lowest BCUT2D eigenvalue weighted by Gasteiger charge is -2.24. The van der Waals surface area contributed by atoms with Gasteiger partial charge in [-0.2, -0.15) is 0 Å². The summed E-state index contributed by atoms with van der Waals surface area (Å²) in [6.45, 7) is 7.61. The third-order valence-corrected chi connectivity index (χ3v) is 7.10. The Kier molecular flexibility index (Phi) is 7.76. The minimum atomic E-state index is 0.0553. The van der Waals surface area contributed by atoms with Gasteiger partial charge in [-0.25, -0.2) is 4.98 Å². The highest BCUT2D eigenvalue weighted by Gasteiger charge is 2.21. The van der Waals surface area contributed by atoms with E-state index in [2.05, 4.69) is 43.0 Å². The Morgan fingerprint density at radius 1 is 0.909 bits per heavy atom. The third-order valence-electron chi connectivity index (χ3n) is 5.82. The van der Waals surface area contributed by atoms with Crippen LogP contribution in [0.3, 0.4) is 0 Å². The molecule has 0 aliphatic rings. The van der Waals surface area contributed by atoms with E-state index in [1.54, 1.807) is 0 Å². The van der Waals surface area contributed by atoms with Gasteiger partial charge in [0.05, 0.1) is 16.6 Å². The van der Waals surface area contributed by atoms with Gasteiger partial charge in [-0.15, -0.1) is 0 Å². The maximum atomic E-state index is 13.4. The molecular formula is C27H28ClN3OS. The zero-order chi connectivity index (χ0) is 23.2. The van der Waals surface area contributed by atoms with E-state index in [9.17, 15) is 4.79 Å². The van der Waals surface area contributed by atoms with Crippen LogP contribution in [0.15, 0.2) is 72.8 Å². The summed E-state index contributed by atoms with van der Waals surface area (Å²) < 4.78 is 0.991. The standard InChI is InChI=1S/C27H28ClN3OS/c1-3-30(4-2)16-17-31(27-29-24-15-14-23(28)19-25(24)33-27)26(32)18-20-10-12-22(13-11-20)21-8-6-5-7-9-21/h5-15,19H,3-4,16-18H2,1-2H3. The number of likely N-dealkylation sites (N-methyl/N-ethyl adjacent to an activating group) is 1. The van der Waals surface area contributed by atoms with Crippen molar-refractivity contribution in [3.8, 4) is 11.1 Å². The molecule has 0 aliphatic carbocycles. The predicted molar refractivity (Wildman–Crippen MR) is 140 cm³/mol. The number of halogens is 1. The molecule has 0 saturated carbocycles. The number of thiazole rings is 1. The normalized spacial score (nSPS) is 11.3. The summed E-state index contributed by atoms with van der Waals surface area (Å²) in [6, 6.07) is 24.2. The molecule has 4 aromatic rings. The maximum absolute atomic E-state index is 13.4. The number of anilines is 1. The smallest absolute Gasteiger partial charge is 0.233 e. The molecule has 0 fully saturated rings. The van der Waals surface area contributed by atoms with Crippen molar-refractivity contribution in [3.05, 3.63) is 83.4 Å². The average Bonchev–Trinajstić information content (AvgIpc) is 3.25. The topological polar surface area (TPSA) is 36.4 Å². The van der Waals surface area contributed by atoms with Crippen molar-refractivity contribution in [1.29, 1.82) is 0 Å². The van der Waals surface area contributed by atoms with Crippen molar-refractivity contribution in [3.63, 3.8) is 0 Å². The van der Waals surface area contributed by atoms with Gasteiger partial charge in [0.15, 0.2) is 5.13 Å². The van der Waals surface area contributed by atoms with Crippen molar-refractivity contribution in [2.45, 2.75) is 20.3 Å². The van der Waals surface area contributed by atoms with E-state index in [-0.39, 0.29) is 5.91 Å². The molecule has 0 bridgehead atoms. The number of nitrogens with zero attached hydrogens (tertiary/aromatic N) is 3. The molecule has 0 spiro atoms. The fraction of sp³-hybridized carbons (Fsp3) is 0.259. The Morgan fingerprint density at radius 2 is 1.61 bits per heavy atom. The number of carbonyl (C=O) groups excluding carboxylic acids is 1. The Morgan fingerprint density at radius 3 is 2.30 bits per heavy atom. The highest BCUT2D eigenvalue weighted by Crippen LogP contribution is 2.31. The highest BCUT2D eigenvalue weighted by atomic mass is 35.5. The van der Waals surface area contributed by atoms with Crippen molar-refractivity contribution < 1.29 is 4.79 Å². The van der Waals surface area contributed by atoms with E-state index in [0.29, 0.717) is 18.0 Å². The van der Waals surface area contributed by atoms with Crippen molar-refractivity contribution >= 4 is 44.2 Å². The van der Waals surface area contributed by atoms with Gasteiger partial charge in [0.2, 0.25) is 5.91 Å². The van der Waals surface area contributed by atoms with Gasteiger partial charge in [0, 0.05) is 18.1 Å². The van der Waals surface area contributed by atoms with Crippen molar-refractivity contribution in [1.82, 2.24) is 9.88 Å². The van der Waals surface area contributed by atoms with Crippen LogP contribution in [0.1, 0.15) is 19.4 Å². The van der Waals surface area contributed by atoms with E-state index < -0.39 is 0 Å². The molecule has 33 heavy (non-hydrogen) atoms. The van der Waals surface area contributed by atoms with Crippen LogP contribution in [0, 0.1) is 0 Å². The number of hydrogen-bond acceptors (Lipinski definition) is 4. The van der Waals surface area contributed by atoms with E-state index in [1.807, 2.05) is 53.4 Å². The van der Waals surface area contributed by atoms with Crippen LogP contribution in [0.25, 0.3) is 21.3 Å². The summed E-state index contributed by atoms with van der Waals surface area (Å²) in [5, 5.41) is 1.41. The van der Waals surface area contributed by atoms with E-state index in [0.717, 1.165) is 46.1 Å². The first kappa shape index (κ1) is 23.4. The molecule has 0 atom stereocenters. The Labute approximate surface area is 204 Å². The monoisotopic (exact) mass is 477 g/mol. The lowest BCUT2D eigenvalue weighted by atomic mass is 10.0. The maximum Gasteiger partial charge on any atom is 0.233 e. The molecule has 0 aliphatic heterocycles. The summed E-state index contributed by atoms with van der Waals surface area (Å²) >= 11 is 7.68. The number of aromatic nitrogens is 1. The van der Waals surface area contributed by atoms with Gasteiger partial charge in [-0.1, -0.05) is 91.4 Å². The highest BCUT2D eigenvalue weighted by molar-refractivity contribution is 7.22. The molecule has 4 rings (SSSR count). The summed E-state index contributed by atoms with van der Waals surface area (Å²) in [7, 11) is 0. The van der Waals surface area contributed by atoms with Gasteiger partial charge in [0.1, 0.15) is 0 Å². The Bertz CT molecular complexity index is 1200. The molecule has 3 aromatic carbocycles. The number of amides is 1. The second-order valence-corrected chi connectivity index (χ2v) is 9.37. The Hall–Kier alpha value is -2.73. The summed E-state index contributed by atoms with van der Waals surface area (Å²) in [4.78, 5) is 22.3. The lowest BCUT2D eigenvalue weighted by molar-refractivity contribution is -0.118. The van der Waals surface area contributed by atoms with Crippen LogP contribution in [0.5, 0.6) is 0 Å². The van der Waals surface area contributed by atoms with Gasteiger partial charge in [-0.05, 0) is 48.0 Å². The third kappa shape index (κ3) is 5.80. The second kappa shape index (κ2) is 10.9. The van der Waals surface area contributed by atoms with Crippen molar-refractivity contribution in [2.24, 2.45) is 0 Å². The van der Waals surface area contributed by atoms with E-state index >= 15 is 0 Å². The first-order valence-corrected chi connectivity index (χ1v) is 12.5. The summed E-state index contributed by atoms with van der Waals surface area (Å²) in [5.74, 6) is 0.0553. The SMILES string of the molecule is CCN(CC)CCN(C(=O)Cc1ccc(-c2ccccc2)cc1)c1nc2ccc(Cl)cc2s1. The van der Waals surface area contributed by atoms with Gasteiger partial charge in [-0.3, -0.25) is 9.69 Å². The van der Waals surface area contributed by atoms with Crippen LogP contribution >= 0.6 is 22.9 Å². The molecular weight excluding hydrogens is 450 g/mol. The quantitative estimate of drug-likeness (QED) is 0.275. The Balaban J connectivity index is 1.55. The van der Waals surface area contributed by atoms with Crippen LogP contribution in [0.2, 0.25) is 5.02 Å². The number of fused-ring (bicyclic) bond motifs is 1. The van der Waals surface area contributed by atoms with Crippen LogP contribution in [0.4, 0.5) is 5.13 Å². The molecule has 1 heterocycles. The number of hydrogen-bond donors (Lipinski definition) is 0. The second-order valence-electron chi connectivity index (χ2n) is 7.92. The number of rotatable bonds is 9. The molecule has 0 radical (unpaired) electrons. The van der Waals surface area contributed by atoms with Crippen LogP contribution in [-0.2, 0) is 11.2 Å². The van der Waals surface area contributed by atoms with Crippen LogP contribution < -0.4 is 4.90 Å². The minimum absolute atomic E-state index is 0.0553. The fourth-order valence-electron chi connectivity index (χ4n) is 3.83. The molecule has 0 saturated heterocycles. The first-order valence-electron chi connectivity index (χ1n) is 11.3. The number of carbonyl (C=O) groups is 1. The van der Waals surface area contributed by atoms with E-state index in [1.165, 1.54) is 16.9 Å². The molecule has 0 N–H and O–H groups in total. The molecule has 6 heteroatoms. The van der Waals surface area contributed by atoms with Gasteiger partial charge >= 0.3 is 0 Å². The molecule has 170 valence electrons. The summed E-state index contributed by atoms with van der Waals surface area (Å²) in [5.41, 5.74) is 4.18. The van der Waals surface area contributed by atoms with E-state index in [4.69, 9.17) is 16.6 Å². The molecule has 1 aromatic heterocycles. The largest absolute Gasteiger partial charge is 0.302 e.